The normalized spacial score (nSPS) is 16.1. The van der Waals surface area contributed by atoms with Crippen molar-refractivity contribution in [2.24, 2.45) is 4.99 Å². The van der Waals surface area contributed by atoms with Gasteiger partial charge in [-0.15, -0.1) is 0 Å². The number of esters is 1. The number of fused-ring (bicyclic) bond motifs is 1. The summed E-state index contributed by atoms with van der Waals surface area (Å²) in [4.78, 5) is 31.5. The first kappa shape index (κ1) is 21.5. The van der Waals surface area contributed by atoms with E-state index < -0.39 is 12.0 Å². The molecule has 5 nitrogen and oxygen atoms in total. The van der Waals surface area contributed by atoms with Crippen LogP contribution in [-0.4, -0.2) is 17.1 Å². The SMILES string of the molecule is CCOC(=O)C1=C(C)N=c2sc(=Cc3cccc(Br)c3)c(=O)n2[C@@H]1c1ccc(C)cc1. The molecule has 0 spiro atoms. The third kappa shape index (κ3) is 4.20. The molecule has 0 amide bonds. The van der Waals surface area contributed by atoms with Crippen LogP contribution in [0, 0.1) is 6.92 Å². The van der Waals surface area contributed by atoms with Crippen LogP contribution in [-0.2, 0) is 9.53 Å². The fourth-order valence-corrected chi connectivity index (χ4v) is 5.07. The standard InChI is InChI=1S/C24H21BrN2O3S/c1-4-30-23(29)20-15(3)26-24-27(21(20)17-10-8-14(2)9-11-17)22(28)19(31-24)13-16-6-5-7-18(25)12-16/h5-13,21H,4H2,1-3H3/t21-/m1/s1. The third-order valence-electron chi connectivity index (χ3n) is 5.06. The van der Waals surface area contributed by atoms with Crippen LogP contribution in [0.5, 0.6) is 0 Å². The van der Waals surface area contributed by atoms with Gasteiger partial charge in [-0.05, 0) is 50.1 Å². The van der Waals surface area contributed by atoms with E-state index in [2.05, 4.69) is 20.9 Å². The molecule has 0 saturated carbocycles. The summed E-state index contributed by atoms with van der Waals surface area (Å²) in [6.07, 6.45) is 1.85. The number of allylic oxidation sites excluding steroid dienone is 1. The zero-order valence-electron chi connectivity index (χ0n) is 17.4. The molecule has 0 fully saturated rings. The first-order valence-electron chi connectivity index (χ1n) is 9.91. The number of nitrogens with zero attached hydrogens (tertiary/aromatic N) is 2. The maximum Gasteiger partial charge on any atom is 0.338 e. The van der Waals surface area contributed by atoms with Crippen LogP contribution in [0.3, 0.4) is 0 Å². The molecule has 1 aromatic heterocycles. The summed E-state index contributed by atoms with van der Waals surface area (Å²) in [5.74, 6) is -0.449. The van der Waals surface area contributed by atoms with Crippen molar-refractivity contribution in [2.45, 2.75) is 26.8 Å². The molecule has 2 aromatic carbocycles. The molecule has 1 atom stereocenters. The molecular formula is C24H21BrN2O3S. The largest absolute Gasteiger partial charge is 0.463 e. The van der Waals surface area contributed by atoms with Crippen LogP contribution in [0.1, 0.15) is 36.6 Å². The molecule has 158 valence electrons. The van der Waals surface area contributed by atoms with Crippen LogP contribution in [0.4, 0.5) is 0 Å². The Labute approximate surface area is 192 Å². The molecule has 0 bridgehead atoms. The molecule has 7 heteroatoms. The third-order valence-corrected chi connectivity index (χ3v) is 6.53. The number of hydrogen-bond acceptors (Lipinski definition) is 5. The highest BCUT2D eigenvalue weighted by atomic mass is 79.9. The van der Waals surface area contributed by atoms with Gasteiger partial charge in [0.2, 0.25) is 0 Å². The fraction of sp³-hybridized carbons (Fsp3) is 0.208. The molecule has 0 N–H and O–H groups in total. The number of aromatic nitrogens is 1. The van der Waals surface area contributed by atoms with Crippen molar-refractivity contribution in [3.05, 3.63) is 101 Å². The van der Waals surface area contributed by atoms with Gasteiger partial charge in [-0.25, -0.2) is 9.79 Å². The summed E-state index contributed by atoms with van der Waals surface area (Å²) in [7, 11) is 0. The number of carbonyl (C=O) groups excluding carboxylic acids is 1. The minimum atomic E-state index is -0.583. The van der Waals surface area contributed by atoms with Crippen molar-refractivity contribution >= 4 is 39.3 Å². The number of ether oxygens (including phenoxy) is 1. The van der Waals surface area contributed by atoms with Crippen LogP contribution in [0.25, 0.3) is 6.08 Å². The van der Waals surface area contributed by atoms with Crippen LogP contribution < -0.4 is 14.9 Å². The summed E-state index contributed by atoms with van der Waals surface area (Å²) in [5, 5.41) is 0. The molecule has 0 radical (unpaired) electrons. The van der Waals surface area contributed by atoms with E-state index in [1.807, 2.05) is 61.5 Å². The summed E-state index contributed by atoms with van der Waals surface area (Å²) in [6, 6.07) is 15.0. The highest BCUT2D eigenvalue weighted by molar-refractivity contribution is 9.10. The van der Waals surface area contributed by atoms with Gasteiger partial charge in [0.05, 0.1) is 28.5 Å². The maximum absolute atomic E-state index is 13.5. The highest BCUT2D eigenvalue weighted by Crippen LogP contribution is 2.30. The number of benzene rings is 2. The molecule has 2 heterocycles. The van der Waals surface area contributed by atoms with Gasteiger partial charge in [0.15, 0.2) is 4.80 Å². The lowest BCUT2D eigenvalue weighted by Crippen LogP contribution is -2.39. The van der Waals surface area contributed by atoms with Crippen molar-refractivity contribution < 1.29 is 9.53 Å². The maximum atomic E-state index is 13.5. The van der Waals surface area contributed by atoms with Gasteiger partial charge in [0.25, 0.3) is 5.56 Å². The number of carbonyl (C=O) groups is 1. The average Bonchev–Trinajstić information content (AvgIpc) is 3.02. The Bertz CT molecular complexity index is 1370. The number of hydrogen-bond donors (Lipinski definition) is 0. The van der Waals surface area contributed by atoms with E-state index in [9.17, 15) is 9.59 Å². The number of aryl methyl sites for hydroxylation is 1. The van der Waals surface area contributed by atoms with Gasteiger partial charge in [0, 0.05) is 4.47 Å². The summed E-state index contributed by atoms with van der Waals surface area (Å²) in [6.45, 7) is 5.81. The number of thiazole rings is 1. The topological polar surface area (TPSA) is 60.7 Å². The smallest absolute Gasteiger partial charge is 0.338 e. The highest BCUT2D eigenvalue weighted by Gasteiger charge is 2.33. The second kappa shape index (κ2) is 8.77. The Morgan fingerprint density at radius 2 is 1.97 bits per heavy atom. The Kier molecular flexibility index (Phi) is 6.07. The molecule has 1 aliphatic heterocycles. The molecular weight excluding hydrogens is 476 g/mol. The zero-order chi connectivity index (χ0) is 22.1. The van der Waals surface area contributed by atoms with Crippen molar-refractivity contribution in [1.82, 2.24) is 4.57 Å². The van der Waals surface area contributed by atoms with Gasteiger partial charge in [0.1, 0.15) is 0 Å². The van der Waals surface area contributed by atoms with Crippen molar-refractivity contribution in [1.29, 1.82) is 0 Å². The van der Waals surface area contributed by atoms with Gasteiger partial charge in [-0.2, -0.15) is 0 Å². The first-order chi connectivity index (χ1) is 14.9. The van der Waals surface area contributed by atoms with Crippen LogP contribution in [0.15, 0.2) is 74.1 Å². The molecule has 1 aliphatic rings. The molecule has 0 aliphatic carbocycles. The lowest BCUT2D eigenvalue weighted by Gasteiger charge is -2.24. The van der Waals surface area contributed by atoms with E-state index in [0.717, 1.165) is 21.2 Å². The van der Waals surface area contributed by atoms with E-state index >= 15 is 0 Å². The average molecular weight is 497 g/mol. The van der Waals surface area contributed by atoms with Gasteiger partial charge < -0.3 is 4.74 Å². The molecule has 31 heavy (non-hydrogen) atoms. The molecule has 0 unspecified atom stereocenters. The molecule has 3 aromatic rings. The van der Waals surface area contributed by atoms with E-state index in [-0.39, 0.29) is 12.2 Å². The Hall–Kier alpha value is -2.77. The van der Waals surface area contributed by atoms with Crippen molar-refractivity contribution in [3.63, 3.8) is 0 Å². The monoisotopic (exact) mass is 496 g/mol. The molecule has 4 rings (SSSR count). The second-order valence-corrected chi connectivity index (χ2v) is 9.19. The Morgan fingerprint density at radius 3 is 2.65 bits per heavy atom. The van der Waals surface area contributed by atoms with Crippen LogP contribution in [0.2, 0.25) is 0 Å². The van der Waals surface area contributed by atoms with Gasteiger partial charge >= 0.3 is 5.97 Å². The number of rotatable bonds is 4. The van der Waals surface area contributed by atoms with E-state index in [0.29, 0.717) is 20.6 Å². The summed E-state index contributed by atoms with van der Waals surface area (Å²) in [5.41, 5.74) is 3.64. The predicted octanol–water partition coefficient (Wildman–Crippen LogP) is 3.87. The predicted molar refractivity (Wildman–Crippen MR) is 126 cm³/mol. The van der Waals surface area contributed by atoms with Crippen molar-refractivity contribution in [2.75, 3.05) is 6.61 Å². The fourth-order valence-electron chi connectivity index (χ4n) is 3.60. The van der Waals surface area contributed by atoms with Gasteiger partial charge in [-0.1, -0.05) is 69.2 Å². The minimum Gasteiger partial charge on any atom is -0.463 e. The van der Waals surface area contributed by atoms with Crippen molar-refractivity contribution in [3.8, 4) is 0 Å². The van der Waals surface area contributed by atoms with Gasteiger partial charge in [-0.3, -0.25) is 9.36 Å². The van der Waals surface area contributed by atoms with Crippen LogP contribution >= 0.6 is 27.3 Å². The van der Waals surface area contributed by atoms with E-state index in [1.165, 1.54) is 11.3 Å². The second-order valence-electron chi connectivity index (χ2n) is 7.27. The summed E-state index contributed by atoms with van der Waals surface area (Å²) < 4.78 is 8.42. The van der Waals surface area contributed by atoms with E-state index in [1.54, 1.807) is 18.4 Å². The lowest BCUT2D eigenvalue weighted by molar-refractivity contribution is -0.139. The zero-order valence-corrected chi connectivity index (χ0v) is 19.8. The first-order valence-corrected chi connectivity index (χ1v) is 11.5. The summed E-state index contributed by atoms with van der Waals surface area (Å²) >= 11 is 4.79. The number of halogens is 1. The minimum absolute atomic E-state index is 0.177. The molecule has 0 saturated heterocycles. The Balaban J connectivity index is 1.96. The van der Waals surface area contributed by atoms with E-state index in [4.69, 9.17) is 4.74 Å². The Morgan fingerprint density at radius 1 is 1.23 bits per heavy atom. The quantitative estimate of drug-likeness (QED) is 0.515. The lowest BCUT2D eigenvalue weighted by atomic mass is 9.95.